The number of nitrogen functional groups attached to an aromatic ring is 1. The highest BCUT2D eigenvalue weighted by molar-refractivity contribution is 6.05. The fourth-order valence-corrected chi connectivity index (χ4v) is 2.48. The number of carbonyl (C=O) groups is 2. The Labute approximate surface area is 167 Å². The van der Waals surface area contributed by atoms with Gasteiger partial charge in [-0.2, -0.15) is 0 Å². The second kappa shape index (κ2) is 9.27. The first kappa shape index (κ1) is 19.8. The number of nitrogens with one attached hydrogen (secondary N) is 2. The molecule has 3 rings (SSSR count). The highest BCUT2D eigenvalue weighted by Gasteiger charge is 2.08. The Bertz CT molecular complexity index is 1030. The van der Waals surface area contributed by atoms with Crippen molar-refractivity contribution in [1.29, 1.82) is 0 Å². The maximum Gasteiger partial charge on any atom is 0.255 e. The molecule has 0 aliphatic rings. The minimum atomic E-state index is -0.326. The molecule has 0 aliphatic carbocycles. The third-order valence-electron chi connectivity index (χ3n) is 4.08. The molecule has 6 nitrogen and oxygen atoms in total. The van der Waals surface area contributed by atoms with Crippen LogP contribution in [0.2, 0.25) is 0 Å². The van der Waals surface area contributed by atoms with Crippen LogP contribution in [0.15, 0.2) is 73.1 Å². The van der Waals surface area contributed by atoms with Crippen LogP contribution in [0.5, 0.6) is 0 Å². The number of pyridine rings is 1. The van der Waals surface area contributed by atoms with E-state index in [2.05, 4.69) is 15.6 Å². The van der Waals surface area contributed by atoms with Crippen LogP contribution in [-0.4, -0.2) is 16.8 Å². The van der Waals surface area contributed by atoms with E-state index in [0.29, 0.717) is 23.5 Å². The Balaban J connectivity index is 1.52. The Kier molecular flexibility index (Phi) is 6.32. The van der Waals surface area contributed by atoms with Crippen LogP contribution >= 0.6 is 0 Å². The second-order valence-corrected chi connectivity index (χ2v) is 6.22. The van der Waals surface area contributed by atoms with Crippen molar-refractivity contribution < 1.29 is 14.0 Å². The minimum absolute atomic E-state index is 0.274. The molecule has 0 aliphatic heterocycles. The van der Waals surface area contributed by atoms with Crippen LogP contribution in [0.3, 0.4) is 0 Å². The van der Waals surface area contributed by atoms with Crippen molar-refractivity contribution in [2.45, 2.75) is 6.54 Å². The fraction of sp³-hybridized carbons (Fsp3) is 0.0455. The van der Waals surface area contributed by atoms with Crippen LogP contribution in [0.1, 0.15) is 21.5 Å². The van der Waals surface area contributed by atoms with E-state index >= 15 is 0 Å². The lowest BCUT2D eigenvalue weighted by Gasteiger charge is -2.08. The Morgan fingerprint density at radius 1 is 1.03 bits per heavy atom. The molecule has 1 heterocycles. The molecule has 3 aromatic rings. The SMILES string of the molecule is Nc1cnccc1NC(=O)c1ccc(CNC(=O)/C=C/c2ccc(F)cc2)cc1. The predicted octanol–water partition coefficient (Wildman–Crippen LogP) is 3.38. The first-order chi connectivity index (χ1) is 14.0. The second-order valence-electron chi connectivity index (χ2n) is 6.22. The molecule has 1 aromatic heterocycles. The summed E-state index contributed by atoms with van der Waals surface area (Å²) in [5.41, 5.74) is 8.68. The van der Waals surface area contributed by atoms with Crippen LogP contribution in [0.25, 0.3) is 6.08 Å². The summed E-state index contributed by atoms with van der Waals surface area (Å²) in [6.45, 7) is 0.311. The van der Waals surface area contributed by atoms with Crippen LogP contribution in [0, 0.1) is 5.82 Å². The van der Waals surface area contributed by atoms with Crippen LogP contribution < -0.4 is 16.4 Å². The highest BCUT2D eigenvalue weighted by Crippen LogP contribution is 2.16. The molecule has 7 heteroatoms. The van der Waals surface area contributed by atoms with Crippen molar-refractivity contribution in [2.24, 2.45) is 0 Å². The highest BCUT2D eigenvalue weighted by atomic mass is 19.1. The Hall–Kier alpha value is -4.00. The molecular weight excluding hydrogens is 371 g/mol. The molecule has 2 aromatic carbocycles. The number of aromatic nitrogens is 1. The zero-order valence-corrected chi connectivity index (χ0v) is 15.4. The van der Waals surface area contributed by atoms with Gasteiger partial charge in [0.2, 0.25) is 5.91 Å². The van der Waals surface area contributed by atoms with E-state index < -0.39 is 0 Å². The predicted molar refractivity (Wildman–Crippen MR) is 110 cm³/mol. The smallest absolute Gasteiger partial charge is 0.255 e. The number of nitrogens with two attached hydrogens (primary N) is 1. The zero-order chi connectivity index (χ0) is 20.6. The number of amides is 2. The van der Waals surface area contributed by atoms with Gasteiger partial charge in [0, 0.05) is 24.4 Å². The van der Waals surface area contributed by atoms with E-state index in [-0.39, 0.29) is 17.6 Å². The summed E-state index contributed by atoms with van der Waals surface area (Å²) in [6, 6.07) is 14.3. The monoisotopic (exact) mass is 390 g/mol. The summed E-state index contributed by atoms with van der Waals surface area (Å²) >= 11 is 0. The van der Waals surface area contributed by atoms with E-state index in [0.717, 1.165) is 11.1 Å². The number of hydrogen-bond acceptors (Lipinski definition) is 4. The van der Waals surface area contributed by atoms with Gasteiger partial charge in [0.1, 0.15) is 5.82 Å². The Morgan fingerprint density at radius 2 is 1.76 bits per heavy atom. The third-order valence-corrected chi connectivity index (χ3v) is 4.08. The summed E-state index contributed by atoms with van der Waals surface area (Å²) < 4.78 is 12.9. The van der Waals surface area contributed by atoms with Crippen LogP contribution in [-0.2, 0) is 11.3 Å². The third kappa shape index (κ3) is 5.74. The van der Waals surface area contributed by atoms with E-state index in [1.165, 1.54) is 24.4 Å². The fourth-order valence-electron chi connectivity index (χ4n) is 2.48. The number of nitrogens with zero attached hydrogens (tertiary/aromatic N) is 1. The molecule has 0 bridgehead atoms. The average molecular weight is 390 g/mol. The standard InChI is InChI=1S/C22H19FN4O2/c23-18-8-3-15(4-9-18)5-10-21(28)26-13-16-1-6-17(7-2-16)22(29)27-20-11-12-25-14-19(20)24/h1-12,14H,13,24H2,(H,26,28)(H,25,27,29)/b10-5+. The van der Waals surface area contributed by atoms with Gasteiger partial charge in [-0.25, -0.2) is 4.39 Å². The van der Waals surface area contributed by atoms with E-state index in [1.54, 1.807) is 54.7 Å². The Morgan fingerprint density at radius 3 is 2.45 bits per heavy atom. The van der Waals surface area contributed by atoms with Gasteiger partial charge < -0.3 is 16.4 Å². The normalized spacial score (nSPS) is 10.7. The first-order valence-corrected chi connectivity index (χ1v) is 8.82. The lowest BCUT2D eigenvalue weighted by atomic mass is 10.1. The summed E-state index contributed by atoms with van der Waals surface area (Å²) in [5.74, 6) is -0.891. The zero-order valence-electron chi connectivity index (χ0n) is 15.4. The van der Waals surface area contributed by atoms with Gasteiger partial charge in [-0.1, -0.05) is 24.3 Å². The summed E-state index contributed by atoms with van der Waals surface area (Å²) in [4.78, 5) is 28.1. The van der Waals surface area contributed by atoms with Gasteiger partial charge >= 0.3 is 0 Å². The van der Waals surface area contributed by atoms with Crippen molar-refractivity contribution in [3.8, 4) is 0 Å². The number of halogens is 1. The van der Waals surface area contributed by atoms with Gasteiger partial charge in [0.05, 0.1) is 17.6 Å². The van der Waals surface area contributed by atoms with E-state index in [4.69, 9.17) is 5.73 Å². The molecular formula is C22H19FN4O2. The maximum absolute atomic E-state index is 12.9. The number of carbonyl (C=O) groups excluding carboxylic acids is 2. The number of hydrogen-bond donors (Lipinski definition) is 3. The number of rotatable bonds is 6. The van der Waals surface area contributed by atoms with Gasteiger partial charge in [0.15, 0.2) is 0 Å². The maximum atomic E-state index is 12.9. The van der Waals surface area contributed by atoms with Crippen molar-refractivity contribution in [3.63, 3.8) is 0 Å². The van der Waals surface area contributed by atoms with Crippen molar-refractivity contribution >= 4 is 29.3 Å². The lowest BCUT2D eigenvalue weighted by Crippen LogP contribution is -2.20. The molecule has 0 radical (unpaired) electrons. The number of anilines is 2. The molecule has 146 valence electrons. The first-order valence-electron chi connectivity index (χ1n) is 8.82. The summed E-state index contributed by atoms with van der Waals surface area (Å²) in [5, 5.41) is 5.48. The van der Waals surface area contributed by atoms with E-state index in [9.17, 15) is 14.0 Å². The van der Waals surface area contributed by atoms with Gasteiger partial charge in [0.25, 0.3) is 5.91 Å². The molecule has 4 N–H and O–H groups in total. The molecule has 0 spiro atoms. The quantitative estimate of drug-likeness (QED) is 0.562. The lowest BCUT2D eigenvalue weighted by molar-refractivity contribution is -0.116. The van der Waals surface area contributed by atoms with E-state index in [1.807, 2.05) is 0 Å². The molecule has 0 fully saturated rings. The molecule has 2 amide bonds. The van der Waals surface area contributed by atoms with Crippen molar-refractivity contribution in [1.82, 2.24) is 10.3 Å². The molecule has 29 heavy (non-hydrogen) atoms. The summed E-state index contributed by atoms with van der Waals surface area (Å²) in [6.07, 6.45) is 6.00. The van der Waals surface area contributed by atoms with Crippen molar-refractivity contribution in [2.75, 3.05) is 11.1 Å². The topological polar surface area (TPSA) is 97.1 Å². The summed E-state index contributed by atoms with van der Waals surface area (Å²) in [7, 11) is 0. The van der Waals surface area contributed by atoms with Crippen molar-refractivity contribution in [3.05, 3.63) is 95.6 Å². The number of benzene rings is 2. The molecule has 0 saturated carbocycles. The molecule has 0 atom stereocenters. The van der Waals surface area contributed by atoms with Gasteiger partial charge in [-0.15, -0.1) is 0 Å². The van der Waals surface area contributed by atoms with Gasteiger partial charge in [-0.3, -0.25) is 14.6 Å². The molecule has 0 unspecified atom stereocenters. The largest absolute Gasteiger partial charge is 0.396 e. The minimum Gasteiger partial charge on any atom is -0.396 e. The molecule has 0 saturated heterocycles. The average Bonchev–Trinajstić information content (AvgIpc) is 2.74. The van der Waals surface area contributed by atoms with Gasteiger partial charge in [-0.05, 0) is 47.5 Å². The van der Waals surface area contributed by atoms with Crippen LogP contribution in [0.4, 0.5) is 15.8 Å².